The third-order valence-corrected chi connectivity index (χ3v) is 3.95. The first-order chi connectivity index (χ1) is 10.1. The van der Waals surface area contributed by atoms with Crippen LogP contribution in [0.4, 0.5) is 0 Å². The monoisotopic (exact) mass is 288 g/mol. The number of carbonyl (C=O) groups is 1. The summed E-state index contributed by atoms with van der Waals surface area (Å²) in [6, 6.07) is 7.65. The van der Waals surface area contributed by atoms with Crippen molar-refractivity contribution in [1.82, 2.24) is 5.43 Å². The summed E-state index contributed by atoms with van der Waals surface area (Å²) in [5.41, 5.74) is 4.83. The summed E-state index contributed by atoms with van der Waals surface area (Å²) in [6.07, 6.45) is 3.55. The van der Waals surface area contributed by atoms with Gasteiger partial charge in [0.2, 0.25) is 0 Å². The van der Waals surface area contributed by atoms with E-state index in [9.17, 15) is 4.79 Å². The van der Waals surface area contributed by atoms with E-state index in [2.05, 4.69) is 24.4 Å². The van der Waals surface area contributed by atoms with Crippen LogP contribution in [0.15, 0.2) is 29.4 Å². The van der Waals surface area contributed by atoms with Crippen LogP contribution in [-0.4, -0.2) is 18.2 Å². The van der Waals surface area contributed by atoms with Crippen LogP contribution in [0.1, 0.15) is 38.7 Å². The van der Waals surface area contributed by atoms with Crippen LogP contribution in [0, 0.1) is 18.8 Å². The maximum Gasteiger partial charge on any atom is 0.277 e. The SMILES string of the molecule is Cc1cccc(OCC(=O)NN=C2[C@H](C)CCC[C@H]2C)c1. The second-order valence-corrected chi connectivity index (χ2v) is 5.91. The number of nitrogens with zero attached hydrogens (tertiary/aromatic N) is 1. The first-order valence-electron chi connectivity index (χ1n) is 7.62. The number of carbonyl (C=O) groups excluding carboxylic acids is 1. The van der Waals surface area contributed by atoms with Crippen LogP contribution in [0.2, 0.25) is 0 Å². The van der Waals surface area contributed by atoms with E-state index in [0.717, 1.165) is 24.1 Å². The van der Waals surface area contributed by atoms with Crippen molar-refractivity contribution in [2.45, 2.75) is 40.0 Å². The summed E-state index contributed by atoms with van der Waals surface area (Å²) in [6.45, 7) is 6.32. The average Bonchev–Trinajstić information content (AvgIpc) is 2.45. The summed E-state index contributed by atoms with van der Waals surface area (Å²) in [5.74, 6) is 1.39. The van der Waals surface area contributed by atoms with Crippen LogP contribution >= 0.6 is 0 Å². The third-order valence-electron chi connectivity index (χ3n) is 3.95. The molecule has 0 saturated heterocycles. The molecule has 2 rings (SSSR count). The van der Waals surface area contributed by atoms with Crippen molar-refractivity contribution in [3.05, 3.63) is 29.8 Å². The van der Waals surface area contributed by atoms with Crippen LogP contribution in [0.25, 0.3) is 0 Å². The second-order valence-electron chi connectivity index (χ2n) is 5.91. The number of benzene rings is 1. The molecular weight excluding hydrogens is 264 g/mol. The molecule has 4 nitrogen and oxygen atoms in total. The van der Waals surface area contributed by atoms with Crippen LogP contribution in [0.5, 0.6) is 5.75 Å². The molecule has 1 amide bonds. The van der Waals surface area contributed by atoms with Gasteiger partial charge in [0, 0.05) is 5.71 Å². The molecular formula is C17H24N2O2. The smallest absolute Gasteiger partial charge is 0.277 e. The lowest BCUT2D eigenvalue weighted by atomic mass is 9.81. The molecule has 21 heavy (non-hydrogen) atoms. The van der Waals surface area contributed by atoms with Gasteiger partial charge in [-0.15, -0.1) is 0 Å². The van der Waals surface area contributed by atoms with Crippen molar-refractivity contribution in [3.8, 4) is 5.75 Å². The molecule has 0 radical (unpaired) electrons. The second kappa shape index (κ2) is 7.25. The first-order valence-corrected chi connectivity index (χ1v) is 7.62. The number of nitrogens with one attached hydrogen (secondary N) is 1. The molecule has 1 aliphatic carbocycles. The van der Waals surface area contributed by atoms with E-state index < -0.39 is 0 Å². The Hall–Kier alpha value is -1.84. The van der Waals surface area contributed by atoms with Crippen LogP contribution in [0.3, 0.4) is 0 Å². The fourth-order valence-electron chi connectivity index (χ4n) is 2.75. The van der Waals surface area contributed by atoms with Gasteiger partial charge in [-0.1, -0.05) is 32.4 Å². The number of ether oxygens (including phenoxy) is 1. The molecule has 1 N–H and O–H groups in total. The molecule has 0 heterocycles. The number of hydrogen-bond donors (Lipinski definition) is 1. The van der Waals surface area contributed by atoms with E-state index in [0.29, 0.717) is 17.6 Å². The lowest BCUT2D eigenvalue weighted by Gasteiger charge is -2.26. The van der Waals surface area contributed by atoms with E-state index in [1.54, 1.807) is 0 Å². The predicted molar refractivity (Wildman–Crippen MR) is 84.4 cm³/mol. The van der Waals surface area contributed by atoms with Crippen LogP contribution < -0.4 is 10.2 Å². The van der Waals surface area contributed by atoms with E-state index in [-0.39, 0.29) is 12.5 Å². The first kappa shape index (κ1) is 15.5. The topological polar surface area (TPSA) is 50.7 Å². The maximum atomic E-state index is 11.8. The summed E-state index contributed by atoms with van der Waals surface area (Å²) in [5, 5.41) is 4.31. The van der Waals surface area contributed by atoms with E-state index in [4.69, 9.17) is 4.74 Å². The Kier molecular flexibility index (Phi) is 5.37. The van der Waals surface area contributed by atoms with Gasteiger partial charge in [0.25, 0.3) is 5.91 Å². The normalized spacial score (nSPS) is 21.8. The van der Waals surface area contributed by atoms with E-state index >= 15 is 0 Å². The van der Waals surface area contributed by atoms with Gasteiger partial charge < -0.3 is 4.74 Å². The third kappa shape index (κ3) is 4.59. The van der Waals surface area contributed by atoms with Gasteiger partial charge in [0.15, 0.2) is 6.61 Å². The molecule has 0 bridgehead atoms. The number of amides is 1. The molecule has 0 aromatic heterocycles. The summed E-state index contributed by atoms with van der Waals surface area (Å²) >= 11 is 0. The minimum atomic E-state index is -0.214. The zero-order valence-electron chi connectivity index (χ0n) is 13.1. The molecule has 1 aromatic rings. The van der Waals surface area contributed by atoms with Gasteiger partial charge in [-0.2, -0.15) is 5.10 Å². The molecule has 0 aliphatic heterocycles. The minimum Gasteiger partial charge on any atom is -0.484 e. The highest BCUT2D eigenvalue weighted by atomic mass is 16.5. The van der Waals surface area contributed by atoms with Crippen molar-refractivity contribution >= 4 is 11.6 Å². The minimum absolute atomic E-state index is 0.0109. The fraction of sp³-hybridized carbons (Fsp3) is 0.529. The number of hydrazone groups is 1. The molecule has 0 unspecified atom stereocenters. The average molecular weight is 288 g/mol. The van der Waals surface area contributed by atoms with Crippen molar-refractivity contribution in [3.63, 3.8) is 0 Å². The Morgan fingerprint density at radius 1 is 1.33 bits per heavy atom. The van der Waals surface area contributed by atoms with Crippen molar-refractivity contribution < 1.29 is 9.53 Å². The highest BCUT2D eigenvalue weighted by molar-refractivity contribution is 5.90. The lowest BCUT2D eigenvalue weighted by molar-refractivity contribution is -0.123. The fourth-order valence-corrected chi connectivity index (χ4v) is 2.75. The Balaban J connectivity index is 1.84. The molecule has 114 valence electrons. The predicted octanol–water partition coefficient (Wildman–Crippen LogP) is 3.30. The summed E-state index contributed by atoms with van der Waals surface area (Å²) < 4.78 is 5.46. The molecule has 1 saturated carbocycles. The van der Waals surface area contributed by atoms with Crippen molar-refractivity contribution in [2.24, 2.45) is 16.9 Å². The van der Waals surface area contributed by atoms with Gasteiger partial charge >= 0.3 is 0 Å². The highest BCUT2D eigenvalue weighted by Crippen LogP contribution is 2.25. The maximum absolute atomic E-state index is 11.8. The van der Waals surface area contributed by atoms with Gasteiger partial charge in [0.1, 0.15) is 5.75 Å². The van der Waals surface area contributed by atoms with Gasteiger partial charge in [0.05, 0.1) is 0 Å². The van der Waals surface area contributed by atoms with Crippen LogP contribution in [-0.2, 0) is 4.79 Å². The molecule has 2 atom stereocenters. The molecule has 1 fully saturated rings. The summed E-state index contributed by atoms with van der Waals surface area (Å²) in [4.78, 5) is 11.8. The Labute approximate surface area is 126 Å². The largest absolute Gasteiger partial charge is 0.484 e. The Bertz CT molecular complexity index is 513. The lowest BCUT2D eigenvalue weighted by Crippen LogP contribution is -2.31. The number of aryl methyl sites for hydroxylation is 1. The quantitative estimate of drug-likeness (QED) is 0.864. The van der Waals surface area contributed by atoms with E-state index in [1.165, 1.54) is 6.42 Å². The van der Waals surface area contributed by atoms with E-state index in [1.807, 2.05) is 31.2 Å². The Morgan fingerprint density at radius 2 is 2.05 bits per heavy atom. The van der Waals surface area contributed by atoms with Crippen molar-refractivity contribution in [2.75, 3.05) is 6.61 Å². The zero-order valence-corrected chi connectivity index (χ0v) is 13.1. The standard InChI is InChI=1S/C17H24N2O2/c1-12-6-4-9-15(10-12)21-11-16(20)18-19-17-13(2)7-5-8-14(17)3/h4,6,9-10,13-14H,5,7-8,11H2,1-3H3,(H,18,20)/t13-,14-/m1/s1. The van der Waals surface area contributed by atoms with Gasteiger partial charge in [-0.05, 0) is 49.3 Å². The number of hydrogen-bond acceptors (Lipinski definition) is 3. The van der Waals surface area contributed by atoms with Gasteiger partial charge in [-0.25, -0.2) is 5.43 Å². The Morgan fingerprint density at radius 3 is 2.71 bits per heavy atom. The molecule has 1 aliphatic rings. The van der Waals surface area contributed by atoms with Crippen molar-refractivity contribution in [1.29, 1.82) is 0 Å². The molecule has 1 aromatic carbocycles. The van der Waals surface area contributed by atoms with Gasteiger partial charge in [-0.3, -0.25) is 4.79 Å². The summed E-state index contributed by atoms with van der Waals surface area (Å²) in [7, 11) is 0. The molecule has 4 heteroatoms. The zero-order chi connectivity index (χ0) is 15.2. The highest BCUT2D eigenvalue weighted by Gasteiger charge is 2.23. The number of rotatable bonds is 4. The molecule has 0 spiro atoms.